The van der Waals surface area contributed by atoms with Gasteiger partial charge in [-0.25, -0.2) is 4.79 Å². The van der Waals surface area contributed by atoms with Crippen LogP contribution in [0.1, 0.15) is 74.7 Å². The van der Waals surface area contributed by atoms with Crippen LogP contribution in [0, 0.1) is 11.3 Å². The molecule has 202 valence electrons. The van der Waals surface area contributed by atoms with Crippen LogP contribution in [0.4, 0.5) is 4.79 Å². The van der Waals surface area contributed by atoms with Crippen molar-refractivity contribution in [3.8, 4) is 0 Å². The Labute approximate surface area is 207 Å². The van der Waals surface area contributed by atoms with Crippen molar-refractivity contribution < 1.29 is 32.4 Å². The molecule has 0 aliphatic carbocycles. The third-order valence-corrected chi connectivity index (χ3v) is 8.39. The van der Waals surface area contributed by atoms with E-state index in [1.807, 2.05) is 55.4 Å². The molecule has 11 heteroatoms. The molecule has 3 amide bonds. The van der Waals surface area contributed by atoms with Crippen LogP contribution in [0.2, 0.25) is 6.04 Å². The topological polar surface area (TPSA) is 138 Å². The van der Waals surface area contributed by atoms with Crippen molar-refractivity contribution in [2.75, 3.05) is 39.5 Å². The third-order valence-electron chi connectivity index (χ3n) is 5.24. The van der Waals surface area contributed by atoms with Crippen molar-refractivity contribution in [1.82, 2.24) is 10.6 Å². The summed E-state index contributed by atoms with van der Waals surface area (Å²) in [7, 11) is -2.66. The Morgan fingerprint density at radius 3 is 1.79 bits per heavy atom. The minimum absolute atomic E-state index is 0.116. The van der Waals surface area contributed by atoms with E-state index in [9.17, 15) is 14.4 Å². The van der Waals surface area contributed by atoms with Crippen molar-refractivity contribution in [3.63, 3.8) is 0 Å². The van der Waals surface area contributed by atoms with Gasteiger partial charge in [-0.2, -0.15) is 0 Å². The first kappa shape index (κ1) is 34.5. The molecule has 0 aromatic heterocycles. The molecule has 0 rings (SSSR count). The van der Waals surface area contributed by atoms with Crippen molar-refractivity contribution >= 4 is 26.7 Å². The highest BCUT2D eigenvalue weighted by molar-refractivity contribution is 6.60. The van der Waals surface area contributed by atoms with E-state index in [2.05, 4.69) is 10.6 Å². The SMILES string of the molecule is CCC(C)(C)C(N)=O.CCO[Si](CCCNC(=O)NCCOC(=O)C(C)CC)(OCC)OCC. The fourth-order valence-corrected chi connectivity index (χ4v) is 4.98. The molecule has 1 atom stereocenters. The number of hydrogen-bond donors (Lipinski definition) is 3. The van der Waals surface area contributed by atoms with Gasteiger partial charge < -0.3 is 34.4 Å². The van der Waals surface area contributed by atoms with Crippen molar-refractivity contribution in [3.05, 3.63) is 0 Å². The Hall–Kier alpha value is -1.69. The highest BCUT2D eigenvalue weighted by Crippen LogP contribution is 2.18. The minimum atomic E-state index is -2.66. The van der Waals surface area contributed by atoms with Gasteiger partial charge in [0.05, 0.1) is 12.5 Å². The lowest BCUT2D eigenvalue weighted by Gasteiger charge is -2.28. The Bertz CT molecular complexity index is 560. The molecule has 0 saturated carbocycles. The zero-order chi connectivity index (χ0) is 26.6. The number of nitrogens with one attached hydrogen (secondary N) is 2. The lowest BCUT2D eigenvalue weighted by Crippen LogP contribution is -2.46. The highest BCUT2D eigenvalue weighted by Gasteiger charge is 2.39. The van der Waals surface area contributed by atoms with E-state index in [1.54, 1.807) is 0 Å². The molecule has 0 spiro atoms. The average Bonchev–Trinajstić information content (AvgIpc) is 2.79. The van der Waals surface area contributed by atoms with Gasteiger partial charge in [0.25, 0.3) is 0 Å². The first-order valence-electron chi connectivity index (χ1n) is 12.3. The minimum Gasteiger partial charge on any atom is -0.464 e. The standard InChI is InChI=1S/C17H36N2O6Si.C6H13NO/c1-6-15(5)16(20)22-13-12-19-17(21)18-11-10-14-26(23-7-2,24-8-3)25-9-4;1-4-6(2,3)5(7)8/h15H,6-14H2,1-5H3,(H2,18,19,21);4H2,1-3H3,(H2,7,8). The van der Waals surface area contributed by atoms with E-state index in [-0.39, 0.29) is 42.4 Å². The number of carbonyl (C=O) groups is 3. The van der Waals surface area contributed by atoms with Crippen LogP contribution in [0.25, 0.3) is 0 Å². The largest absolute Gasteiger partial charge is 0.500 e. The van der Waals surface area contributed by atoms with Crippen molar-refractivity contribution in [1.29, 1.82) is 0 Å². The summed E-state index contributed by atoms with van der Waals surface area (Å²) in [5.41, 5.74) is 4.72. The van der Waals surface area contributed by atoms with Gasteiger partial charge >= 0.3 is 20.8 Å². The van der Waals surface area contributed by atoms with Crippen LogP contribution in [0.15, 0.2) is 0 Å². The maximum absolute atomic E-state index is 11.7. The molecule has 0 saturated heterocycles. The van der Waals surface area contributed by atoms with Gasteiger partial charge in [-0.3, -0.25) is 9.59 Å². The summed E-state index contributed by atoms with van der Waals surface area (Å²) in [6.07, 6.45) is 2.24. The number of urea groups is 1. The van der Waals surface area contributed by atoms with Crippen LogP contribution < -0.4 is 16.4 Å². The van der Waals surface area contributed by atoms with E-state index in [4.69, 9.17) is 23.7 Å². The second-order valence-corrected chi connectivity index (χ2v) is 11.1. The Balaban J connectivity index is 0. The first-order valence-corrected chi connectivity index (χ1v) is 14.3. The molecule has 10 nitrogen and oxygen atoms in total. The summed E-state index contributed by atoms with van der Waals surface area (Å²) < 4.78 is 22.4. The summed E-state index contributed by atoms with van der Waals surface area (Å²) in [5, 5.41) is 5.43. The van der Waals surface area contributed by atoms with Gasteiger partial charge in [0.15, 0.2) is 0 Å². The van der Waals surface area contributed by atoms with Gasteiger partial charge in [0.1, 0.15) is 6.61 Å². The van der Waals surface area contributed by atoms with Gasteiger partial charge in [0.2, 0.25) is 5.91 Å². The molecular weight excluding hydrogens is 458 g/mol. The van der Waals surface area contributed by atoms with Crippen molar-refractivity contribution in [2.24, 2.45) is 17.1 Å². The van der Waals surface area contributed by atoms with E-state index < -0.39 is 8.80 Å². The number of primary amides is 1. The van der Waals surface area contributed by atoms with E-state index >= 15 is 0 Å². The van der Waals surface area contributed by atoms with Crippen LogP contribution in [0.3, 0.4) is 0 Å². The summed E-state index contributed by atoms with van der Waals surface area (Å²) in [5.74, 6) is -0.576. The molecule has 0 radical (unpaired) electrons. The molecule has 0 aromatic carbocycles. The van der Waals surface area contributed by atoms with E-state index in [0.717, 1.165) is 12.8 Å². The molecule has 1 unspecified atom stereocenters. The number of carbonyl (C=O) groups excluding carboxylic acids is 3. The highest BCUT2D eigenvalue weighted by atomic mass is 28.4. The molecule has 4 N–H and O–H groups in total. The maximum atomic E-state index is 11.7. The number of esters is 1. The molecule has 0 aliphatic rings. The van der Waals surface area contributed by atoms with Gasteiger partial charge in [-0.05, 0) is 40.0 Å². The predicted molar refractivity (Wildman–Crippen MR) is 135 cm³/mol. The lowest BCUT2D eigenvalue weighted by atomic mass is 9.90. The van der Waals surface area contributed by atoms with Gasteiger partial charge in [-0.1, -0.05) is 34.6 Å². The second kappa shape index (κ2) is 19.6. The molecule has 0 bridgehead atoms. The van der Waals surface area contributed by atoms with Crippen LogP contribution in [0.5, 0.6) is 0 Å². The van der Waals surface area contributed by atoms with Crippen LogP contribution >= 0.6 is 0 Å². The first-order chi connectivity index (χ1) is 15.9. The van der Waals surface area contributed by atoms with Crippen molar-refractivity contribution in [2.45, 2.75) is 80.7 Å². The summed E-state index contributed by atoms with van der Waals surface area (Å²) in [6, 6.07) is 0.357. The molecule has 0 aromatic rings. The van der Waals surface area contributed by atoms with Gasteiger partial charge in [-0.15, -0.1) is 0 Å². The fraction of sp³-hybridized carbons (Fsp3) is 0.870. The maximum Gasteiger partial charge on any atom is 0.500 e. The predicted octanol–water partition coefficient (Wildman–Crippen LogP) is 3.22. The number of hydrogen-bond acceptors (Lipinski definition) is 7. The molecular formula is C23H49N3O7Si. The molecule has 0 heterocycles. The summed E-state index contributed by atoms with van der Waals surface area (Å²) in [4.78, 5) is 33.7. The Morgan fingerprint density at radius 2 is 1.41 bits per heavy atom. The van der Waals surface area contributed by atoms with Crippen LogP contribution in [-0.2, 0) is 27.6 Å². The fourth-order valence-electron chi connectivity index (χ4n) is 2.37. The monoisotopic (exact) mass is 507 g/mol. The van der Waals surface area contributed by atoms with E-state index in [0.29, 0.717) is 38.8 Å². The second-order valence-electron chi connectivity index (χ2n) is 8.35. The summed E-state index contributed by atoms with van der Waals surface area (Å²) in [6.45, 7) is 17.7. The third kappa shape index (κ3) is 16.0. The molecule has 34 heavy (non-hydrogen) atoms. The lowest BCUT2D eigenvalue weighted by molar-refractivity contribution is -0.147. The number of nitrogens with two attached hydrogens (primary N) is 1. The Kier molecular flexibility index (Phi) is 19.9. The number of ether oxygens (including phenoxy) is 1. The normalized spacial score (nSPS) is 12.2. The quantitative estimate of drug-likeness (QED) is 0.156. The molecule has 0 aliphatic heterocycles. The number of amides is 3. The zero-order valence-electron chi connectivity index (χ0n) is 22.6. The van der Waals surface area contributed by atoms with E-state index in [1.165, 1.54) is 0 Å². The average molecular weight is 508 g/mol. The zero-order valence-corrected chi connectivity index (χ0v) is 23.6. The molecule has 0 fully saturated rings. The van der Waals surface area contributed by atoms with Gasteiger partial charge in [0, 0.05) is 37.8 Å². The summed E-state index contributed by atoms with van der Waals surface area (Å²) >= 11 is 0. The van der Waals surface area contributed by atoms with Crippen LogP contribution in [-0.4, -0.2) is 66.2 Å². The smallest absolute Gasteiger partial charge is 0.464 e. The number of rotatable bonds is 17. The Morgan fingerprint density at radius 1 is 0.912 bits per heavy atom.